The molecule has 1 heterocycles. The molecule has 0 aliphatic carbocycles. The second-order valence-electron chi connectivity index (χ2n) is 7.14. The number of amides is 1. The van der Waals surface area contributed by atoms with Gasteiger partial charge in [0.25, 0.3) is 5.91 Å². The number of likely N-dealkylation sites (N-methyl/N-ethyl adjacent to an activating group) is 1. The van der Waals surface area contributed by atoms with Crippen LogP contribution in [-0.2, 0) is 0 Å². The Kier molecular flexibility index (Phi) is 6.29. The molecule has 1 amide bonds. The second-order valence-corrected chi connectivity index (χ2v) is 7.14. The van der Waals surface area contributed by atoms with Gasteiger partial charge in [-0.25, -0.2) is 0 Å². The molecule has 3 rings (SSSR count). The van der Waals surface area contributed by atoms with E-state index in [-0.39, 0.29) is 5.91 Å². The van der Waals surface area contributed by atoms with E-state index >= 15 is 0 Å². The predicted molar refractivity (Wildman–Crippen MR) is 108 cm³/mol. The van der Waals surface area contributed by atoms with Crippen LogP contribution in [0.25, 0.3) is 0 Å². The maximum absolute atomic E-state index is 12.5. The molecule has 0 saturated carbocycles. The Bertz CT molecular complexity index is 681. The lowest BCUT2D eigenvalue weighted by molar-refractivity contribution is 0.0705. The molecule has 0 radical (unpaired) electrons. The molecule has 0 aromatic heterocycles. The highest BCUT2D eigenvalue weighted by Crippen LogP contribution is 2.16. The highest BCUT2D eigenvalue weighted by atomic mass is 16.2. The Hall–Kier alpha value is -2.33. The van der Waals surface area contributed by atoms with Gasteiger partial charge < -0.3 is 15.1 Å². The molecule has 1 saturated heterocycles. The number of carbonyl (C=O) groups excluding carboxylic acids is 1. The highest BCUT2D eigenvalue weighted by Gasteiger charge is 2.23. The van der Waals surface area contributed by atoms with Crippen LogP contribution in [0.1, 0.15) is 30.1 Å². The second kappa shape index (κ2) is 8.86. The Balaban J connectivity index is 1.43. The van der Waals surface area contributed by atoms with E-state index in [1.165, 1.54) is 5.69 Å². The van der Waals surface area contributed by atoms with Gasteiger partial charge >= 0.3 is 0 Å². The van der Waals surface area contributed by atoms with Crippen molar-refractivity contribution >= 4 is 11.6 Å². The van der Waals surface area contributed by atoms with Crippen LogP contribution in [0.4, 0.5) is 5.69 Å². The molecule has 2 aromatic carbocycles. The van der Waals surface area contributed by atoms with Crippen molar-refractivity contribution in [2.24, 2.45) is 0 Å². The lowest BCUT2D eigenvalue weighted by Crippen LogP contribution is -2.48. The minimum absolute atomic E-state index is 0.154. The Morgan fingerprint density at radius 1 is 1.08 bits per heavy atom. The molecule has 0 spiro atoms. The number of likely N-dealkylation sites (tertiary alicyclic amines) is 1. The van der Waals surface area contributed by atoms with E-state index in [1.54, 1.807) is 0 Å². The van der Waals surface area contributed by atoms with Crippen molar-refractivity contribution in [2.75, 3.05) is 31.6 Å². The number of carbonyl (C=O) groups is 1. The first-order valence-electron chi connectivity index (χ1n) is 9.50. The molecular weight excluding hydrogens is 322 g/mol. The van der Waals surface area contributed by atoms with E-state index in [0.717, 1.165) is 38.0 Å². The van der Waals surface area contributed by atoms with Crippen LogP contribution in [0.15, 0.2) is 60.7 Å². The number of piperidine rings is 1. The Morgan fingerprint density at radius 2 is 1.65 bits per heavy atom. The maximum Gasteiger partial charge on any atom is 0.253 e. The van der Waals surface area contributed by atoms with Gasteiger partial charge in [-0.2, -0.15) is 0 Å². The molecule has 4 heteroatoms. The predicted octanol–water partition coefficient (Wildman–Crippen LogP) is 3.41. The molecular formula is C22H29N3O. The van der Waals surface area contributed by atoms with Gasteiger partial charge in [0.15, 0.2) is 0 Å². The third kappa shape index (κ3) is 4.64. The topological polar surface area (TPSA) is 35.6 Å². The lowest BCUT2D eigenvalue weighted by atomic mass is 10.0. The zero-order chi connectivity index (χ0) is 18.4. The molecule has 1 unspecified atom stereocenters. The number of hydrogen-bond acceptors (Lipinski definition) is 3. The molecule has 1 fully saturated rings. The Morgan fingerprint density at radius 3 is 2.27 bits per heavy atom. The van der Waals surface area contributed by atoms with Gasteiger partial charge in [-0.1, -0.05) is 36.4 Å². The van der Waals surface area contributed by atoms with Gasteiger partial charge in [-0.3, -0.25) is 4.79 Å². The van der Waals surface area contributed by atoms with Crippen molar-refractivity contribution < 1.29 is 4.79 Å². The van der Waals surface area contributed by atoms with Gasteiger partial charge in [0.05, 0.1) is 0 Å². The smallest absolute Gasteiger partial charge is 0.253 e. The summed E-state index contributed by atoms with van der Waals surface area (Å²) in [7, 11) is 2.14. The SMILES string of the molecule is CC(CNC1CCN(C(=O)c2ccccc2)CC1)N(C)c1ccccc1. The molecule has 138 valence electrons. The average molecular weight is 351 g/mol. The fraction of sp³-hybridized carbons (Fsp3) is 0.409. The van der Waals surface area contributed by atoms with Crippen molar-refractivity contribution in [1.29, 1.82) is 0 Å². The van der Waals surface area contributed by atoms with Crippen LogP contribution in [0.5, 0.6) is 0 Å². The summed E-state index contributed by atoms with van der Waals surface area (Å²) in [6, 6.07) is 21.0. The van der Waals surface area contributed by atoms with Gasteiger partial charge in [0.2, 0.25) is 0 Å². The molecule has 26 heavy (non-hydrogen) atoms. The summed E-state index contributed by atoms with van der Waals surface area (Å²) in [5.41, 5.74) is 2.03. The average Bonchev–Trinajstić information content (AvgIpc) is 2.72. The minimum Gasteiger partial charge on any atom is -0.371 e. The molecule has 4 nitrogen and oxygen atoms in total. The third-order valence-corrected chi connectivity index (χ3v) is 5.33. The first-order valence-corrected chi connectivity index (χ1v) is 9.50. The summed E-state index contributed by atoms with van der Waals surface area (Å²) >= 11 is 0. The third-order valence-electron chi connectivity index (χ3n) is 5.33. The number of para-hydroxylation sites is 1. The molecule has 1 aliphatic rings. The number of nitrogens with zero attached hydrogens (tertiary/aromatic N) is 2. The summed E-state index contributed by atoms with van der Waals surface area (Å²) in [5.74, 6) is 0.154. The summed E-state index contributed by atoms with van der Waals surface area (Å²) in [6.07, 6.45) is 2.03. The minimum atomic E-state index is 0.154. The van der Waals surface area contributed by atoms with Gasteiger partial charge in [-0.05, 0) is 44.0 Å². The fourth-order valence-corrected chi connectivity index (χ4v) is 3.44. The first kappa shape index (κ1) is 18.5. The first-order chi connectivity index (χ1) is 12.6. The number of hydrogen-bond donors (Lipinski definition) is 1. The summed E-state index contributed by atoms with van der Waals surface area (Å²) < 4.78 is 0. The standard InChI is InChI=1S/C22H29N3O/c1-18(24(2)21-11-7-4-8-12-21)17-23-20-13-15-25(16-14-20)22(26)19-9-5-3-6-10-19/h3-12,18,20,23H,13-17H2,1-2H3. The van der Waals surface area contributed by atoms with Crippen LogP contribution >= 0.6 is 0 Å². The van der Waals surface area contributed by atoms with E-state index in [1.807, 2.05) is 41.3 Å². The molecule has 1 aliphatic heterocycles. The molecule has 1 atom stereocenters. The van der Waals surface area contributed by atoms with Crippen molar-refractivity contribution in [3.05, 3.63) is 66.2 Å². The number of nitrogens with one attached hydrogen (secondary N) is 1. The van der Waals surface area contributed by atoms with Crippen molar-refractivity contribution in [2.45, 2.75) is 31.8 Å². The van der Waals surface area contributed by atoms with Crippen LogP contribution in [0.2, 0.25) is 0 Å². The van der Waals surface area contributed by atoms with Crippen LogP contribution in [0, 0.1) is 0 Å². The van der Waals surface area contributed by atoms with Crippen LogP contribution in [-0.4, -0.2) is 49.6 Å². The molecule has 0 bridgehead atoms. The quantitative estimate of drug-likeness (QED) is 0.866. The van der Waals surface area contributed by atoms with Crippen molar-refractivity contribution in [3.8, 4) is 0 Å². The molecule has 2 aromatic rings. The van der Waals surface area contributed by atoms with Gasteiger partial charge in [0, 0.05) is 50.0 Å². The largest absolute Gasteiger partial charge is 0.371 e. The normalized spacial score (nSPS) is 16.3. The monoisotopic (exact) mass is 351 g/mol. The zero-order valence-electron chi connectivity index (χ0n) is 15.8. The van der Waals surface area contributed by atoms with E-state index in [2.05, 4.69) is 48.5 Å². The zero-order valence-corrected chi connectivity index (χ0v) is 15.8. The summed E-state index contributed by atoms with van der Waals surface area (Å²) in [6.45, 7) is 4.85. The highest BCUT2D eigenvalue weighted by molar-refractivity contribution is 5.94. The van der Waals surface area contributed by atoms with Gasteiger partial charge in [0.1, 0.15) is 0 Å². The van der Waals surface area contributed by atoms with Crippen molar-refractivity contribution in [1.82, 2.24) is 10.2 Å². The lowest BCUT2D eigenvalue weighted by Gasteiger charge is -2.34. The number of rotatable bonds is 6. The van der Waals surface area contributed by atoms with E-state index in [9.17, 15) is 4.79 Å². The van der Waals surface area contributed by atoms with E-state index in [0.29, 0.717) is 12.1 Å². The van der Waals surface area contributed by atoms with Crippen LogP contribution in [0.3, 0.4) is 0 Å². The van der Waals surface area contributed by atoms with E-state index in [4.69, 9.17) is 0 Å². The van der Waals surface area contributed by atoms with Crippen molar-refractivity contribution in [3.63, 3.8) is 0 Å². The number of anilines is 1. The number of benzene rings is 2. The maximum atomic E-state index is 12.5. The summed E-state index contributed by atoms with van der Waals surface area (Å²) in [4.78, 5) is 16.8. The summed E-state index contributed by atoms with van der Waals surface area (Å²) in [5, 5.41) is 3.69. The van der Waals surface area contributed by atoms with Gasteiger partial charge in [-0.15, -0.1) is 0 Å². The fourth-order valence-electron chi connectivity index (χ4n) is 3.44. The van der Waals surface area contributed by atoms with E-state index < -0.39 is 0 Å². The van der Waals surface area contributed by atoms with Crippen LogP contribution < -0.4 is 10.2 Å². The Labute approximate surface area is 156 Å². The molecule has 1 N–H and O–H groups in total.